The van der Waals surface area contributed by atoms with Crippen LogP contribution in [-0.4, -0.2) is 42.0 Å². The summed E-state index contributed by atoms with van der Waals surface area (Å²) >= 11 is 1.60. The Balaban J connectivity index is 1.33. The number of carbonyl (C=O) groups is 3. The molecule has 5 rings (SSSR count). The van der Waals surface area contributed by atoms with Crippen molar-refractivity contribution in [3.8, 4) is 11.5 Å². The summed E-state index contributed by atoms with van der Waals surface area (Å²) < 4.78 is 11.8. The number of aliphatic hydroxyl groups excluding tert-OH is 1. The minimum absolute atomic E-state index is 0.0898. The van der Waals surface area contributed by atoms with Crippen molar-refractivity contribution in [1.82, 2.24) is 5.32 Å². The number of rotatable bonds is 10. The van der Waals surface area contributed by atoms with Gasteiger partial charge in [0.15, 0.2) is 23.1 Å². The molecule has 1 amide bonds. The summed E-state index contributed by atoms with van der Waals surface area (Å²) in [6.45, 7) is -0.398. The highest BCUT2D eigenvalue weighted by molar-refractivity contribution is 7.17. The Morgan fingerprint density at radius 3 is 2.61 bits per heavy atom. The fourth-order valence-electron chi connectivity index (χ4n) is 4.29. The first kappa shape index (κ1) is 25.4. The quantitative estimate of drug-likeness (QED) is 0.235. The van der Waals surface area contributed by atoms with Crippen molar-refractivity contribution in [3.05, 3.63) is 100 Å². The van der Waals surface area contributed by atoms with Gasteiger partial charge >= 0.3 is 0 Å². The van der Waals surface area contributed by atoms with Crippen molar-refractivity contribution in [3.63, 3.8) is 0 Å². The number of amides is 1. The van der Waals surface area contributed by atoms with Crippen LogP contribution in [0.1, 0.15) is 27.0 Å². The molecule has 3 aromatic carbocycles. The van der Waals surface area contributed by atoms with Crippen molar-refractivity contribution < 1.29 is 29.0 Å². The van der Waals surface area contributed by atoms with Crippen LogP contribution < -0.4 is 14.8 Å². The Morgan fingerprint density at radius 1 is 1.00 bits per heavy atom. The first-order valence-corrected chi connectivity index (χ1v) is 13.0. The van der Waals surface area contributed by atoms with Gasteiger partial charge in [0.1, 0.15) is 6.61 Å². The number of thiophene rings is 1. The predicted octanol–water partition coefficient (Wildman–Crippen LogP) is 4.36. The molecule has 0 fully saturated rings. The number of nitrogens with one attached hydrogen (secondary N) is 1. The average molecular weight is 528 g/mol. The number of hydrogen-bond acceptors (Lipinski definition) is 7. The molecule has 0 saturated carbocycles. The Labute approximate surface area is 223 Å². The summed E-state index contributed by atoms with van der Waals surface area (Å²) in [6.07, 6.45) is 3.51. The van der Waals surface area contributed by atoms with Crippen molar-refractivity contribution in [2.75, 3.05) is 13.4 Å². The Morgan fingerprint density at radius 2 is 1.79 bits per heavy atom. The number of hydrogen-bond donors (Lipinski definition) is 2. The van der Waals surface area contributed by atoms with Gasteiger partial charge in [0.2, 0.25) is 12.7 Å². The molecule has 1 atom stereocenters. The highest BCUT2D eigenvalue weighted by atomic mass is 32.1. The van der Waals surface area contributed by atoms with Gasteiger partial charge in [0.25, 0.3) is 0 Å². The van der Waals surface area contributed by atoms with Gasteiger partial charge in [-0.2, -0.15) is 0 Å². The number of fused-ring (bicyclic) bond motifs is 2. The molecule has 0 aliphatic carbocycles. The van der Waals surface area contributed by atoms with Gasteiger partial charge < -0.3 is 19.9 Å². The van der Waals surface area contributed by atoms with E-state index in [1.807, 2.05) is 35.7 Å². The van der Waals surface area contributed by atoms with E-state index < -0.39 is 12.6 Å². The minimum atomic E-state index is -0.749. The summed E-state index contributed by atoms with van der Waals surface area (Å²) in [4.78, 5) is 38.0. The summed E-state index contributed by atoms with van der Waals surface area (Å²) in [5.41, 5.74) is 2.86. The lowest BCUT2D eigenvalue weighted by Gasteiger charge is -2.17. The van der Waals surface area contributed by atoms with Crippen molar-refractivity contribution >= 4 is 45.0 Å². The zero-order valence-corrected chi connectivity index (χ0v) is 21.2. The van der Waals surface area contributed by atoms with E-state index in [4.69, 9.17) is 14.6 Å². The molecule has 0 radical (unpaired) electrons. The van der Waals surface area contributed by atoms with Crippen LogP contribution in [0.5, 0.6) is 11.5 Å². The fraction of sp³-hybridized carbons (Fsp3) is 0.167. The molecular weight excluding hydrogens is 502 g/mol. The maximum Gasteiger partial charge on any atom is 0.244 e. The highest BCUT2D eigenvalue weighted by Gasteiger charge is 2.22. The van der Waals surface area contributed by atoms with E-state index in [9.17, 15) is 14.4 Å². The normalized spacial score (nSPS) is 13.1. The van der Waals surface area contributed by atoms with E-state index >= 15 is 0 Å². The molecular formula is C30H25NO6S. The van der Waals surface area contributed by atoms with Crippen LogP contribution in [-0.2, 0) is 22.4 Å². The smallest absolute Gasteiger partial charge is 0.244 e. The lowest BCUT2D eigenvalue weighted by atomic mass is 9.96. The van der Waals surface area contributed by atoms with E-state index in [0.717, 1.165) is 26.8 Å². The first-order chi connectivity index (χ1) is 18.5. The first-order valence-electron chi connectivity index (χ1n) is 12.1. The zero-order valence-electron chi connectivity index (χ0n) is 20.4. The SMILES string of the molecule is O=C(/C=C/c1ccc2c(c1)OCO2)N[C@@H](Cc1csc2ccccc12)C(=O)Cc1ccc(C(=O)CO)cc1. The van der Waals surface area contributed by atoms with Gasteiger partial charge in [-0.3, -0.25) is 14.4 Å². The largest absolute Gasteiger partial charge is 0.454 e. The number of carbonyl (C=O) groups excluding carboxylic acids is 3. The third-order valence-electron chi connectivity index (χ3n) is 6.31. The molecule has 0 bridgehead atoms. The summed E-state index contributed by atoms with van der Waals surface area (Å²) in [7, 11) is 0. The molecule has 2 N–H and O–H groups in total. The van der Waals surface area contributed by atoms with Crippen LogP contribution in [0.25, 0.3) is 16.2 Å². The third kappa shape index (κ3) is 5.82. The second kappa shape index (κ2) is 11.4. The minimum Gasteiger partial charge on any atom is -0.454 e. The summed E-state index contributed by atoms with van der Waals surface area (Å²) in [5.74, 6) is 0.369. The summed E-state index contributed by atoms with van der Waals surface area (Å²) in [5, 5.41) is 15.0. The topological polar surface area (TPSA) is 102 Å². The monoisotopic (exact) mass is 527 g/mol. The Kier molecular flexibility index (Phi) is 7.62. The molecule has 1 aliphatic rings. The van der Waals surface area contributed by atoms with Gasteiger partial charge in [-0.15, -0.1) is 11.3 Å². The van der Waals surface area contributed by atoms with E-state index in [1.165, 1.54) is 6.08 Å². The second-order valence-electron chi connectivity index (χ2n) is 8.89. The molecule has 0 unspecified atom stereocenters. The van der Waals surface area contributed by atoms with E-state index in [0.29, 0.717) is 23.5 Å². The van der Waals surface area contributed by atoms with E-state index in [1.54, 1.807) is 53.8 Å². The lowest BCUT2D eigenvalue weighted by Crippen LogP contribution is -2.42. The lowest BCUT2D eigenvalue weighted by molar-refractivity contribution is -0.125. The number of Topliss-reactive ketones (excluding diaryl/α,β-unsaturated/α-hetero) is 2. The third-order valence-corrected chi connectivity index (χ3v) is 7.32. The van der Waals surface area contributed by atoms with Gasteiger partial charge in [-0.25, -0.2) is 0 Å². The maximum atomic E-state index is 13.4. The number of aliphatic hydroxyl groups is 1. The zero-order chi connectivity index (χ0) is 26.5. The van der Waals surface area contributed by atoms with Crippen LogP contribution in [0.3, 0.4) is 0 Å². The van der Waals surface area contributed by atoms with Crippen LogP contribution >= 0.6 is 11.3 Å². The van der Waals surface area contributed by atoms with Crippen molar-refractivity contribution in [2.24, 2.45) is 0 Å². The number of ether oxygens (including phenoxy) is 2. The van der Waals surface area contributed by atoms with Crippen LogP contribution in [0.4, 0.5) is 0 Å². The molecule has 1 aromatic heterocycles. The van der Waals surface area contributed by atoms with Crippen molar-refractivity contribution in [1.29, 1.82) is 0 Å². The second-order valence-corrected chi connectivity index (χ2v) is 9.80. The Hall–Kier alpha value is -4.27. The molecule has 4 aromatic rings. The molecule has 2 heterocycles. The number of benzene rings is 3. The van der Waals surface area contributed by atoms with Crippen molar-refractivity contribution in [2.45, 2.75) is 18.9 Å². The average Bonchev–Trinajstić information content (AvgIpc) is 3.58. The van der Waals surface area contributed by atoms with Gasteiger partial charge in [0, 0.05) is 29.2 Å². The highest BCUT2D eigenvalue weighted by Crippen LogP contribution is 2.32. The molecule has 38 heavy (non-hydrogen) atoms. The predicted molar refractivity (Wildman–Crippen MR) is 146 cm³/mol. The van der Waals surface area contributed by atoms with Gasteiger partial charge in [-0.1, -0.05) is 48.5 Å². The van der Waals surface area contributed by atoms with Crippen LogP contribution in [0.15, 0.2) is 78.2 Å². The fourth-order valence-corrected chi connectivity index (χ4v) is 5.26. The molecule has 192 valence electrons. The van der Waals surface area contributed by atoms with E-state index in [-0.39, 0.29) is 30.7 Å². The molecule has 0 spiro atoms. The Bertz CT molecular complexity index is 1520. The maximum absolute atomic E-state index is 13.4. The van der Waals surface area contributed by atoms with Crippen LogP contribution in [0.2, 0.25) is 0 Å². The molecule has 1 aliphatic heterocycles. The molecule has 7 nitrogen and oxygen atoms in total. The number of ketones is 2. The van der Waals surface area contributed by atoms with Gasteiger partial charge in [0.05, 0.1) is 6.04 Å². The van der Waals surface area contributed by atoms with E-state index in [2.05, 4.69) is 5.32 Å². The molecule has 0 saturated heterocycles. The standard InChI is InChI=1S/C30H25NO6S/c32-16-26(34)21-9-5-19(6-10-21)13-25(33)24(15-22-17-38-29-4-2-1-3-23(22)29)31-30(35)12-8-20-7-11-27-28(14-20)37-18-36-27/h1-12,14,17,24,32H,13,15-16,18H2,(H,31,35)/b12-8+/t24-/m0/s1. The summed E-state index contributed by atoms with van der Waals surface area (Å²) in [6, 6.07) is 19.2. The van der Waals surface area contributed by atoms with Gasteiger partial charge in [-0.05, 0) is 51.7 Å². The van der Waals surface area contributed by atoms with Crippen LogP contribution in [0, 0.1) is 0 Å². The molecule has 8 heteroatoms.